The predicted octanol–water partition coefficient (Wildman–Crippen LogP) is 1.83. The monoisotopic (exact) mass is 255 g/mol. The first-order valence-electron chi connectivity index (χ1n) is 6.33. The molecule has 0 saturated heterocycles. The number of rotatable bonds is 8. The molecule has 0 bridgehead atoms. The van der Waals surface area contributed by atoms with E-state index in [1.807, 2.05) is 0 Å². The van der Waals surface area contributed by atoms with E-state index in [2.05, 4.69) is 22.4 Å². The van der Waals surface area contributed by atoms with Gasteiger partial charge in [-0.05, 0) is 18.8 Å². The third-order valence-electron chi connectivity index (χ3n) is 3.20. The van der Waals surface area contributed by atoms with Gasteiger partial charge in [0.25, 0.3) is 0 Å². The zero-order chi connectivity index (χ0) is 12.1. The number of hydrogen-bond donors (Lipinski definition) is 1. The van der Waals surface area contributed by atoms with Gasteiger partial charge in [0.2, 0.25) is 0 Å². The van der Waals surface area contributed by atoms with E-state index in [1.54, 1.807) is 18.4 Å². The topological polar surface area (TPSA) is 47.0 Å². The molecule has 0 aliphatic heterocycles. The van der Waals surface area contributed by atoms with Crippen LogP contribution in [0.1, 0.15) is 35.7 Å². The Morgan fingerprint density at radius 1 is 1.41 bits per heavy atom. The number of aromatic nitrogens is 2. The van der Waals surface area contributed by atoms with Crippen molar-refractivity contribution in [3.05, 3.63) is 10.0 Å². The van der Waals surface area contributed by atoms with Crippen molar-refractivity contribution in [3.63, 3.8) is 0 Å². The van der Waals surface area contributed by atoms with Crippen molar-refractivity contribution in [3.8, 4) is 0 Å². The van der Waals surface area contributed by atoms with Gasteiger partial charge < -0.3 is 10.1 Å². The summed E-state index contributed by atoms with van der Waals surface area (Å²) in [5.74, 6) is 1.48. The standard InChI is InChI=1S/C12H21N3OS/c1-9(10-3-4-10)12-15-14-11(17-12)5-6-13-7-8-16-2/h9-10,13H,3-8H2,1-2H3. The van der Waals surface area contributed by atoms with Crippen LogP contribution in [-0.2, 0) is 11.2 Å². The lowest BCUT2D eigenvalue weighted by atomic mass is 10.1. The Morgan fingerprint density at radius 2 is 2.24 bits per heavy atom. The van der Waals surface area contributed by atoms with Gasteiger partial charge in [-0.2, -0.15) is 0 Å². The highest BCUT2D eigenvalue weighted by Crippen LogP contribution is 2.42. The van der Waals surface area contributed by atoms with E-state index in [0.717, 1.165) is 37.0 Å². The summed E-state index contributed by atoms with van der Waals surface area (Å²) >= 11 is 1.78. The molecular weight excluding hydrogens is 234 g/mol. The van der Waals surface area contributed by atoms with Gasteiger partial charge in [-0.3, -0.25) is 0 Å². The van der Waals surface area contributed by atoms with Crippen molar-refractivity contribution >= 4 is 11.3 Å². The number of ether oxygens (including phenoxy) is 1. The first-order chi connectivity index (χ1) is 8.31. The van der Waals surface area contributed by atoms with Crippen LogP contribution in [0.5, 0.6) is 0 Å². The molecule has 1 aromatic rings. The van der Waals surface area contributed by atoms with Crippen LogP contribution in [0.25, 0.3) is 0 Å². The minimum absolute atomic E-state index is 0.614. The van der Waals surface area contributed by atoms with Crippen molar-refractivity contribution in [2.45, 2.75) is 32.1 Å². The predicted molar refractivity (Wildman–Crippen MR) is 69.5 cm³/mol. The highest BCUT2D eigenvalue weighted by Gasteiger charge is 2.31. The molecule has 1 fully saturated rings. The molecule has 0 aromatic carbocycles. The fourth-order valence-electron chi connectivity index (χ4n) is 1.84. The summed E-state index contributed by atoms with van der Waals surface area (Å²) in [6.07, 6.45) is 3.71. The molecule has 0 amide bonds. The van der Waals surface area contributed by atoms with Gasteiger partial charge in [-0.25, -0.2) is 0 Å². The average molecular weight is 255 g/mol. The van der Waals surface area contributed by atoms with E-state index >= 15 is 0 Å². The van der Waals surface area contributed by atoms with E-state index in [9.17, 15) is 0 Å². The fourth-order valence-corrected chi connectivity index (χ4v) is 2.83. The number of hydrogen-bond acceptors (Lipinski definition) is 5. The summed E-state index contributed by atoms with van der Waals surface area (Å²) in [5.41, 5.74) is 0. The Hall–Kier alpha value is -0.520. The van der Waals surface area contributed by atoms with Crippen molar-refractivity contribution in [2.24, 2.45) is 5.92 Å². The second kappa shape index (κ2) is 6.42. The van der Waals surface area contributed by atoms with E-state index in [-0.39, 0.29) is 0 Å². The molecule has 1 aliphatic carbocycles. The molecule has 1 aromatic heterocycles. The van der Waals surface area contributed by atoms with Crippen LogP contribution in [0.4, 0.5) is 0 Å². The van der Waals surface area contributed by atoms with Gasteiger partial charge in [-0.1, -0.05) is 6.92 Å². The molecule has 1 unspecified atom stereocenters. The van der Waals surface area contributed by atoms with Gasteiger partial charge >= 0.3 is 0 Å². The Morgan fingerprint density at radius 3 is 2.94 bits per heavy atom. The van der Waals surface area contributed by atoms with E-state index in [1.165, 1.54) is 17.8 Å². The largest absolute Gasteiger partial charge is 0.383 e. The molecule has 1 aliphatic rings. The van der Waals surface area contributed by atoms with Gasteiger partial charge in [0.05, 0.1) is 6.61 Å². The second-order valence-corrected chi connectivity index (χ2v) is 5.75. The summed E-state index contributed by atoms with van der Waals surface area (Å²) in [6, 6.07) is 0. The summed E-state index contributed by atoms with van der Waals surface area (Å²) in [7, 11) is 1.72. The quantitative estimate of drug-likeness (QED) is 0.720. The zero-order valence-corrected chi connectivity index (χ0v) is 11.4. The molecular formula is C12H21N3OS. The lowest BCUT2D eigenvalue weighted by Crippen LogP contribution is -2.21. The zero-order valence-electron chi connectivity index (χ0n) is 10.6. The molecule has 1 atom stereocenters. The smallest absolute Gasteiger partial charge is 0.120 e. The number of nitrogens with one attached hydrogen (secondary N) is 1. The highest BCUT2D eigenvalue weighted by molar-refractivity contribution is 7.11. The van der Waals surface area contributed by atoms with Crippen LogP contribution < -0.4 is 5.32 Å². The summed E-state index contributed by atoms with van der Waals surface area (Å²) in [4.78, 5) is 0. The van der Waals surface area contributed by atoms with Crippen LogP contribution in [0, 0.1) is 5.92 Å². The molecule has 4 nitrogen and oxygen atoms in total. The molecule has 17 heavy (non-hydrogen) atoms. The fraction of sp³-hybridized carbons (Fsp3) is 0.833. The summed E-state index contributed by atoms with van der Waals surface area (Å²) in [5, 5.41) is 14.3. The van der Waals surface area contributed by atoms with Crippen molar-refractivity contribution in [2.75, 3.05) is 26.8 Å². The van der Waals surface area contributed by atoms with Crippen molar-refractivity contribution in [1.82, 2.24) is 15.5 Å². The molecule has 0 spiro atoms. The summed E-state index contributed by atoms with van der Waals surface area (Å²) in [6.45, 7) is 4.90. The first-order valence-corrected chi connectivity index (χ1v) is 7.15. The Kier molecular flexibility index (Phi) is 4.88. The Bertz CT molecular complexity index is 338. The van der Waals surface area contributed by atoms with Crippen molar-refractivity contribution < 1.29 is 4.74 Å². The molecule has 1 heterocycles. The molecule has 5 heteroatoms. The van der Waals surface area contributed by atoms with Gasteiger partial charge in [-0.15, -0.1) is 21.5 Å². The summed E-state index contributed by atoms with van der Waals surface area (Å²) < 4.78 is 4.98. The number of nitrogens with zero attached hydrogens (tertiary/aromatic N) is 2. The van der Waals surface area contributed by atoms with Crippen LogP contribution in [-0.4, -0.2) is 37.0 Å². The van der Waals surface area contributed by atoms with Gasteiger partial charge in [0, 0.05) is 32.5 Å². The van der Waals surface area contributed by atoms with Crippen LogP contribution in [0.2, 0.25) is 0 Å². The maximum atomic E-state index is 4.98. The highest BCUT2D eigenvalue weighted by atomic mass is 32.1. The first kappa shape index (κ1) is 12.9. The SMILES string of the molecule is COCCNCCc1nnc(C(C)C2CC2)s1. The Labute approximate surface area is 107 Å². The van der Waals surface area contributed by atoms with Gasteiger partial charge in [0.1, 0.15) is 10.0 Å². The molecule has 1 N–H and O–H groups in total. The molecule has 1 saturated carbocycles. The van der Waals surface area contributed by atoms with E-state index < -0.39 is 0 Å². The second-order valence-electron chi connectivity index (χ2n) is 4.65. The average Bonchev–Trinajstić information content (AvgIpc) is 3.08. The molecule has 2 rings (SSSR count). The minimum atomic E-state index is 0.614. The maximum Gasteiger partial charge on any atom is 0.120 e. The number of methoxy groups -OCH3 is 1. The van der Waals surface area contributed by atoms with Crippen LogP contribution in [0.3, 0.4) is 0 Å². The third kappa shape index (κ3) is 4.01. The maximum absolute atomic E-state index is 4.98. The Balaban J connectivity index is 1.70. The lowest BCUT2D eigenvalue weighted by molar-refractivity contribution is 0.199. The third-order valence-corrected chi connectivity index (χ3v) is 4.38. The van der Waals surface area contributed by atoms with Crippen molar-refractivity contribution in [1.29, 1.82) is 0 Å². The van der Waals surface area contributed by atoms with Crippen LogP contribution in [0.15, 0.2) is 0 Å². The molecule has 0 radical (unpaired) electrons. The van der Waals surface area contributed by atoms with E-state index in [0.29, 0.717) is 5.92 Å². The van der Waals surface area contributed by atoms with Gasteiger partial charge in [0.15, 0.2) is 0 Å². The van der Waals surface area contributed by atoms with Crippen LogP contribution >= 0.6 is 11.3 Å². The van der Waals surface area contributed by atoms with E-state index in [4.69, 9.17) is 4.74 Å². The molecule has 96 valence electrons. The normalized spacial score (nSPS) is 17.3. The lowest BCUT2D eigenvalue weighted by Gasteiger charge is -2.03. The minimum Gasteiger partial charge on any atom is -0.383 e.